The number of aliphatic hydroxyl groups excluding tert-OH is 3. The number of hydrogen-bond acceptors (Lipinski definition) is 21. The number of fused-ring (bicyclic) bond motifs is 2. The lowest BCUT2D eigenvalue weighted by Crippen LogP contribution is -2.46. The number of imidazole rings is 1. The second-order valence-corrected chi connectivity index (χ2v) is 18.5. The molecule has 31 heteroatoms. The normalized spacial score (nSPS) is 21.1. The van der Waals surface area contributed by atoms with Crippen molar-refractivity contribution in [2.24, 2.45) is 5.41 Å². The Balaban J connectivity index is 1.09. The first-order valence-electron chi connectivity index (χ1n) is 18.1. The average molecular weight is 953 g/mol. The number of nitrogens with one attached hydrogen (secondary N) is 2. The fourth-order valence-electron chi connectivity index (χ4n) is 5.85. The van der Waals surface area contributed by atoms with Gasteiger partial charge in [-0.15, -0.1) is 0 Å². The third-order valence-corrected chi connectivity index (χ3v) is 12.1. The van der Waals surface area contributed by atoms with Crippen LogP contribution in [-0.2, 0) is 45.9 Å². The van der Waals surface area contributed by atoms with Gasteiger partial charge < -0.3 is 65.2 Å². The van der Waals surface area contributed by atoms with Gasteiger partial charge in [-0.1, -0.05) is 20.4 Å². The van der Waals surface area contributed by atoms with E-state index in [-0.39, 0.29) is 76.2 Å². The van der Waals surface area contributed by atoms with E-state index in [1.165, 1.54) is 33.1 Å². The van der Waals surface area contributed by atoms with Gasteiger partial charge in [0.1, 0.15) is 53.3 Å². The van der Waals surface area contributed by atoms with E-state index in [0.29, 0.717) is 0 Å². The highest BCUT2D eigenvalue weighted by Gasteiger charge is 2.50. The first-order valence-corrected chi connectivity index (χ1v) is 22.6. The summed E-state index contributed by atoms with van der Waals surface area (Å²) in [7, 11) is -15.1. The van der Waals surface area contributed by atoms with Gasteiger partial charge in [0.25, 0.3) is 0 Å². The molecule has 28 nitrogen and oxygen atoms in total. The van der Waals surface area contributed by atoms with Crippen LogP contribution in [0.25, 0.3) is 34.6 Å². The lowest BCUT2D eigenvalue weighted by Gasteiger charge is -2.30. The quantitative estimate of drug-likeness (QED) is 0.0432. The Hall–Kier alpha value is -4.76. The molecule has 5 rings (SSSR count). The van der Waals surface area contributed by atoms with E-state index in [4.69, 9.17) is 28.7 Å². The number of carbonyl (C=O) groups is 2. The molecular weight excluding hydrogens is 909 g/mol. The Morgan fingerprint density at radius 2 is 1.71 bits per heavy atom. The standard InChI is InChI=1S/C32H43N8O20P3/c1-15-29(45)39-22-17(9-16(54-4)10-19(22)57-15)18(41)5-7-34-21(42)6-8-35-30(46)26(44)32(2,3)12-56-63(52,53)60-62(50,51)55-11-20-25(59-61(47,48)49)24(43)31(58-20)40-14-38-23-27(33)36-13-37-28(23)40/h9-10,13-14,20,24-26,31,41,43-44H,1,5-8,11-12H2,2-4H3,(H,34,42)(H,35,46)(H,50,51)(H,52,53)(H2,33,36,37)(H2,47,48,49)/b18-17-/t20-,24-,25-,26?,31-/m1/s1. The van der Waals surface area contributed by atoms with E-state index in [9.17, 15) is 63.0 Å². The maximum atomic E-state index is 12.7. The summed E-state index contributed by atoms with van der Waals surface area (Å²) < 4.78 is 72.9. The Bertz CT molecular complexity index is 2680. The number of nitrogen functional groups attached to an aromatic ring is 1. The van der Waals surface area contributed by atoms with Gasteiger partial charge in [0.2, 0.25) is 11.8 Å². The summed E-state index contributed by atoms with van der Waals surface area (Å²) >= 11 is 0. The van der Waals surface area contributed by atoms with Gasteiger partial charge in [0, 0.05) is 42.6 Å². The lowest BCUT2D eigenvalue weighted by molar-refractivity contribution is -0.137. The van der Waals surface area contributed by atoms with Gasteiger partial charge in [0.05, 0.1) is 26.7 Å². The Labute approximate surface area is 353 Å². The molecule has 1 aliphatic heterocycles. The molecule has 1 saturated heterocycles. The maximum absolute atomic E-state index is 12.7. The number of ether oxygens (including phenoxy) is 2. The predicted molar refractivity (Wildman–Crippen MR) is 212 cm³/mol. The molecule has 0 saturated carbocycles. The van der Waals surface area contributed by atoms with Crippen molar-refractivity contribution in [3.05, 3.63) is 45.8 Å². The smallest absolute Gasteiger partial charge is 0.481 e. The molecule has 0 radical (unpaired) electrons. The minimum absolute atomic E-state index is 0.0160. The first kappa shape index (κ1) is 49.3. The summed E-state index contributed by atoms with van der Waals surface area (Å²) in [6, 6.07) is 2.87. The van der Waals surface area contributed by atoms with Crippen LogP contribution in [0.2, 0.25) is 0 Å². The van der Waals surface area contributed by atoms with E-state index in [2.05, 4.69) is 46.0 Å². The van der Waals surface area contributed by atoms with Crippen LogP contribution < -0.4 is 37.3 Å². The lowest BCUT2D eigenvalue weighted by atomic mass is 9.87. The molecule has 0 bridgehead atoms. The van der Waals surface area contributed by atoms with E-state index < -0.39 is 90.1 Å². The molecule has 4 heterocycles. The van der Waals surface area contributed by atoms with Crippen LogP contribution in [-0.4, -0.2) is 129 Å². The molecule has 4 aromatic rings. The van der Waals surface area contributed by atoms with Crippen LogP contribution in [0.3, 0.4) is 0 Å². The molecule has 0 spiro atoms. The summed E-state index contributed by atoms with van der Waals surface area (Å²) in [5.41, 5.74) is 3.39. The SMILES string of the molecule is C=c1oc2cc(OC)c/c(=C(/O)CCNC(=O)CCNC(=O)C(O)C(C)(C)COP(=O)(O)OP(=O)(O)OC[C@H]3O[C@@H](n4cnc5c(N)ncnc54)[C@H](O)[C@@H]3OP(=O)(O)O)c2nc1=O. The number of benzene rings is 1. The van der Waals surface area contributed by atoms with Crippen molar-refractivity contribution < 1.29 is 90.0 Å². The Morgan fingerprint density at radius 1 is 1.03 bits per heavy atom. The predicted octanol–water partition coefficient (Wildman–Crippen LogP) is -1.92. The maximum Gasteiger partial charge on any atom is 0.481 e. The van der Waals surface area contributed by atoms with Crippen molar-refractivity contribution in [3.8, 4) is 5.75 Å². The van der Waals surface area contributed by atoms with Gasteiger partial charge in [-0.2, -0.15) is 4.31 Å². The number of anilines is 1. The largest absolute Gasteiger partial charge is 0.512 e. The average Bonchev–Trinajstić information content (AvgIpc) is 3.75. The van der Waals surface area contributed by atoms with Crippen molar-refractivity contribution in [1.82, 2.24) is 35.1 Å². The first-order chi connectivity index (χ1) is 29.3. The number of phosphoric ester groups is 3. The Kier molecular flexibility index (Phi) is 15.3. The molecule has 0 aliphatic carbocycles. The summed E-state index contributed by atoms with van der Waals surface area (Å²) in [5, 5.41) is 37.2. The number of amides is 2. The van der Waals surface area contributed by atoms with Gasteiger partial charge in [-0.25, -0.2) is 33.6 Å². The molecule has 1 fully saturated rings. The molecule has 346 valence electrons. The van der Waals surface area contributed by atoms with Crippen LogP contribution in [0, 0.1) is 5.41 Å². The summed E-state index contributed by atoms with van der Waals surface area (Å²) in [5.74, 6) is -1.64. The zero-order valence-corrected chi connectivity index (χ0v) is 35.9. The highest BCUT2D eigenvalue weighted by Crippen LogP contribution is 2.61. The third-order valence-electron chi connectivity index (χ3n) is 9.04. The second kappa shape index (κ2) is 19.5. The van der Waals surface area contributed by atoms with Gasteiger partial charge in [-0.05, 0) is 6.07 Å². The van der Waals surface area contributed by atoms with Crippen molar-refractivity contribution in [2.45, 2.75) is 57.3 Å². The topological polar surface area (TPSA) is 419 Å². The monoisotopic (exact) mass is 952 g/mol. The van der Waals surface area contributed by atoms with E-state index in [1.807, 2.05) is 0 Å². The third kappa shape index (κ3) is 12.5. The molecule has 1 aromatic carbocycles. The van der Waals surface area contributed by atoms with Crippen molar-refractivity contribution in [3.63, 3.8) is 0 Å². The summed E-state index contributed by atoms with van der Waals surface area (Å²) in [6.07, 6.45) is -7.33. The summed E-state index contributed by atoms with van der Waals surface area (Å²) in [6.45, 7) is 3.44. The van der Waals surface area contributed by atoms with Gasteiger partial charge in [-0.3, -0.25) is 32.5 Å². The second-order valence-electron chi connectivity index (χ2n) is 14.2. The van der Waals surface area contributed by atoms with Crippen LogP contribution >= 0.6 is 23.5 Å². The van der Waals surface area contributed by atoms with Crippen LogP contribution in [0.4, 0.5) is 5.82 Å². The minimum atomic E-state index is -5.61. The number of rotatable bonds is 20. The molecule has 1 aliphatic rings. The summed E-state index contributed by atoms with van der Waals surface area (Å²) in [4.78, 5) is 92.1. The van der Waals surface area contributed by atoms with Crippen molar-refractivity contribution >= 4 is 75.7 Å². The van der Waals surface area contributed by atoms with Gasteiger partial charge >= 0.3 is 29.0 Å². The molecule has 11 N–H and O–H groups in total. The number of methoxy groups -OCH3 is 1. The van der Waals surface area contributed by atoms with Crippen molar-refractivity contribution in [2.75, 3.05) is 39.1 Å². The Morgan fingerprint density at radius 3 is 2.40 bits per heavy atom. The highest BCUT2D eigenvalue weighted by atomic mass is 31.3. The van der Waals surface area contributed by atoms with Crippen LogP contribution in [0.5, 0.6) is 5.75 Å². The zero-order chi connectivity index (χ0) is 46.7. The molecular formula is C32H43N8O20P3. The molecule has 7 atom stereocenters. The fourth-order valence-corrected chi connectivity index (χ4v) is 8.68. The molecule has 63 heavy (non-hydrogen) atoms. The number of carbonyl (C=O) groups excluding carboxylic acids is 2. The van der Waals surface area contributed by atoms with Crippen LogP contribution in [0.1, 0.15) is 32.9 Å². The van der Waals surface area contributed by atoms with E-state index in [0.717, 1.165) is 17.2 Å². The number of nitrogens with zero attached hydrogens (tertiary/aromatic N) is 5. The number of hydrogen-bond donors (Lipinski definition) is 10. The van der Waals surface area contributed by atoms with Crippen molar-refractivity contribution in [1.29, 1.82) is 0 Å². The van der Waals surface area contributed by atoms with E-state index >= 15 is 0 Å². The van der Waals surface area contributed by atoms with Crippen LogP contribution in [0.15, 0.2) is 34.0 Å². The molecule has 3 aromatic heterocycles. The van der Waals surface area contributed by atoms with Gasteiger partial charge in [0.15, 0.2) is 28.7 Å². The highest BCUT2D eigenvalue weighted by molar-refractivity contribution is 7.61. The minimum Gasteiger partial charge on any atom is -0.512 e. The number of phosphoric acid groups is 3. The number of nitrogens with two attached hydrogens (primary N) is 1. The number of aromatic nitrogens is 5. The fraction of sp³-hybridized carbons (Fsp3) is 0.469. The van der Waals surface area contributed by atoms with E-state index in [1.54, 1.807) is 0 Å². The number of aliphatic hydroxyl groups is 3. The molecule has 2 amide bonds. The molecule has 3 unspecified atom stereocenters. The zero-order valence-electron chi connectivity index (χ0n) is 33.2.